The van der Waals surface area contributed by atoms with E-state index in [1.807, 2.05) is 6.07 Å². The molecule has 0 aromatic carbocycles. The van der Waals surface area contributed by atoms with Crippen LogP contribution in [0.1, 0.15) is 46.2 Å². The molecule has 0 unspecified atom stereocenters. The summed E-state index contributed by atoms with van der Waals surface area (Å²) in [7, 11) is 0. The van der Waals surface area contributed by atoms with Gasteiger partial charge in [0.15, 0.2) is 0 Å². The first-order valence-electron chi connectivity index (χ1n) is 6.97. The average Bonchev–Trinajstić information content (AvgIpc) is 2.82. The fourth-order valence-electron chi connectivity index (χ4n) is 4.11. The highest BCUT2D eigenvalue weighted by atomic mass is 15.3. The smallest absolute Gasteiger partial charge is 0.0637 e. The molecule has 18 heavy (non-hydrogen) atoms. The summed E-state index contributed by atoms with van der Waals surface area (Å²) in [4.78, 5) is 2.71. The maximum Gasteiger partial charge on any atom is 0.0637 e. The summed E-state index contributed by atoms with van der Waals surface area (Å²) < 4.78 is 0. The Hall–Kier alpha value is -0.960. The van der Waals surface area contributed by atoms with Crippen molar-refractivity contribution in [3.8, 4) is 0 Å². The zero-order chi connectivity index (χ0) is 13.0. The van der Waals surface area contributed by atoms with Crippen LogP contribution in [0.25, 0.3) is 0 Å². The molecule has 2 heterocycles. The van der Waals surface area contributed by atoms with E-state index in [4.69, 9.17) is 0 Å². The highest BCUT2D eigenvalue weighted by Gasteiger charge is 2.64. The third-order valence-electron chi connectivity index (χ3n) is 4.59. The predicted molar refractivity (Wildman–Crippen MR) is 72.2 cm³/mol. The third kappa shape index (κ3) is 1.85. The molecule has 3 atom stereocenters. The number of hydrogen-bond acceptors (Lipinski definition) is 3. The van der Waals surface area contributed by atoms with Gasteiger partial charge >= 0.3 is 0 Å². The normalized spacial score (nSPS) is 35.6. The van der Waals surface area contributed by atoms with Crippen LogP contribution in [0.5, 0.6) is 0 Å². The van der Waals surface area contributed by atoms with Crippen LogP contribution < -0.4 is 0 Å². The minimum absolute atomic E-state index is 0.282. The quantitative estimate of drug-likeness (QED) is 0.802. The maximum absolute atomic E-state index is 4.26. The lowest BCUT2D eigenvalue weighted by Gasteiger charge is -2.37. The van der Waals surface area contributed by atoms with E-state index in [1.54, 1.807) is 6.20 Å². The summed E-state index contributed by atoms with van der Waals surface area (Å²) in [6.45, 7) is 9.37. The second kappa shape index (κ2) is 3.77. The Kier molecular flexibility index (Phi) is 2.53. The molecule has 2 aliphatic rings. The van der Waals surface area contributed by atoms with E-state index < -0.39 is 0 Å². The molecule has 1 saturated heterocycles. The van der Waals surface area contributed by atoms with Gasteiger partial charge in [-0.3, -0.25) is 4.90 Å². The van der Waals surface area contributed by atoms with Gasteiger partial charge in [-0.15, -0.1) is 0 Å². The molecule has 1 aliphatic heterocycles. The maximum atomic E-state index is 4.26. The van der Waals surface area contributed by atoms with Crippen molar-refractivity contribution in [3.05, 3.63) is 24.0 Å². The summed E-state index contributed by atoms with van der Waals surface area (Å²) in [5.41, 5.74) is 1.93. The van der Waals surface area contributed by atoms with E-state index >= 15 is 0 Å². The van der Waals surface area contributed by atoms with Crippen LogP contribution in [0.3, 0.4) is 0 Å². The molecular weight excluding hydrogens is 222 g/mol. The predicted octanol–water partition coefficient (Wildman–Crippen LogP) is 2.67. The van der Waals surface area contributed by atoms with E-state index in [0.29, 0.717) is 11.5 Å². The van der Waals surface area contributed by atoms with Gasteiger partial charge in [0.2, 0.25) is 0 Å². The number of rotatable bonds is 2. The first kappa shape index (κ1) is 12.1. The van der Waals surface area contributed by atoms with Crippen molar-refractivity contribution < 1.29 is 0 Å². The van der Waals surface area contributed by atoms with Crippen molar-refractivity contribution in [2.75, 3.05) is 0 Å². The van der Waals surface area contributed by atoms with Gasteiger partial charge in [-0.25, -0.2) is 0 Å². The number of hydrogen-bond donors (Lipinski definition) is 0. The second-order valence-electron chi connectivity index (χ2n) is 7.11. The van der Waals surface area contributed by atoms with Crippen LogP contribution in [0.15, 0.2) is 18.3 Å². The van der Waals surface area contributed by atoms with Gasteiger partial charge in [0.25, 0.3) is 0 Å². The first-order chi connectivity index (χ1) is 8.42. The van der Waals surface area contributed by atoms with E-state index in [-0.39, 0.29) is 5.54 Å². The molecule has 1 aromatic heterocycles. The summed E-state index contributed by atoms with van der Waals surface area (Å²) in [5.74, 6) is 0. The minimum atomic E-state index is 0.282. The molecule has 2 fully saturated rings. The molecule has 1 aliphatic carbocycles. The Balaban J connectivity index is 1.77. The Labute approximate surface area is 110 Å². The fourth-order valence-corrected chi connectivity index (χ4v) is 4.11. The highest BCUT2D eigenvalue weighted by molar-refractivity contribution is 5.22. The molecular formula is C15H23N3. The summed E-state index contributed by atoms with van der Waals surface area (Å²) in [6, 6.07) is 5.56. The van der Waals surface area contributed by atoms with Gasteiger partial charge in [-0.2, -0.15) is 10.2 Å². The third-order valence-corrected chi connectivity index (χ3v) is 4.59. The standard InChI is InChI=1S/C15H23N3/c1-11-8-15(9-12-6-5-7-16-17-12)10-13(15)18(11)14(2,3)4/h5-7,11,13H,8-10H2,1-4H3/t11-,13-,15-/m1/s1. The van der Waals surface area contributed by atoms with E-state index in [2.05, 4.69) is 48.9 Å². The summed E-state index contributed by atoms with van der Waals surface area (Å²) in [6.07, 6.45) is 5.50. The van der Waals surface area contributed by atoms with Gasteiger partial charge in [0, 0.05) is 23.8 Å². The van der Waals surface area contributed by atoms with Gasteiger partial charge in [0.1, 0.15) is 0 Å². The lowest BCUT2D eigenvalue weighted by atomic mass is 9.94. The first-order valence-corrected chi connectivity index (χ1v) is 6.97. The van der Waals surface area contributed by atoms with Crippen molar-refractivity contribution in [3.63, 3.8) is 0 Å². The Morgan fingerprint density at radius 1 is 1.39 bits per heavy atom. The Morgan fingerprint density at radius 2 is 2.17 bits per heavy atom. The van der Waals surface area contributed by atoms with Gasteiger partial charge < -0.3 is 0 Å². The lowest BCUT2D eigenvalue weighted by Crippen LogP contribution is -2.45. The number of aromatic nitrogens is 2. The summed E-state index contributed by atoms with van der Waals surface area (Å²) in [5, 5.41) is 8.26. The van der Waals surface area contributed by atoms with Gasteiger partial charge in [-0.1, -0.05) is 0 Å². The molecule has 0 amide bonds. The van der Waals surface area contributed by atoms with Crippen LogP contribution in [-0.2, 0) is 6.42 Å². The SMILES string of the molecule is C[C@@H]1C[C@@]2(Cc3cccnn3)C[C@H]2N1C(C)(C)C. The molecule has 0 bridgehead atoms. The molecule has 3 rings (SSSR count). The molecule has 3 heteroatoms. The van der Waals surface area contributed by atoms with Crippen LogP contribution in [0.2, 0.25) is 0 Å². The molecule has 98 valence electrons. The van der Waals surface area contributed by atoms with Crippen LogP contribution in [0, 0.1) is 5.41 Å². The van der Waals surface area contributed by atoms with Crippen LogP contribution in [0.4, 0.5) is 0 Å². The Morgan fingerprint density at radius 3 is 2.72 bits per heavy atom. The van der Waals surface area contributed by atoms with Crippen LogP contribution >= 0.6 is 0 Å². The minimum Gasteiger partial charge on any atom is -0.292 e. The zero-order valence-electron chi connectivity index (χ0n) is 11.8. The van der Waals surface area contributed by atoms with Gasteiger partial charge in [0.05, 0.1) is 5.69 Å². The van der Waals surface area contributed by atoms with Crippen molar-refractivity contribution in [2.45, 2.75) is 64.6 Å². The van der Waals surface area contributed by atoms with Crippen molar-refractivity contribution in [1.82, 2.24) is 15.1 Å². The lowest BCUT2D eigenvalue weighted by molar-refractivity contribution is 0.104. The van der Waals surface area contributed by atoms with E-state index in [9.17, 15) is 0 Å². The highest BCUT2D eigenvalue weighted by Crippen LogP contribution is 2.62. The van der Waals surface area contributed by atoms with E-state index in [0.717, 1.165) is 18.2 Å². The molecule has 0 N–H and O–H groups in total. The molecule has 0 spiro atoms. The van der Waals surface area contributed by atoms with Crippen molar-refractivity contribution in [2.24, 2.45) is 5.41 Å². The van der Waals surface area contributed by atoms with Gasteiger partial charge in [-0.05, 0) is 64.5 Å². The summed E-state index contributed by atoms with van der Waals surface area (Å²) >= 11 is 0. The Bertz CT molecular complexity index is 437. The largest absolute Gasteiger partial charge is 0.292 e. The number of piperidine rings is 1. The fraction of sp³-hybridized carbons (Fsp3) is 0.733. The molecule has 1 aromatic rings. The topological polar surface area (TPSA) is 29.0 Å². The molecule has 0 radical (unpaired) electrons. The van der Waals surface area contributed by atoms with Crippen molar-refractivity contribution in [1.29, 1.82) is 0 Å². The molecule has 1 saturated carbocycles. The number of likely N-dealkylation sites (tertiary alicyclic amines) is 1. The number of fused-ring (bicyclic) bond motifs is 1. The van der Waals surface area contributed by atoms with Crippen molar-refractivity contribution >= 4 is 0 Å². The second-order valence-corrected chi connectivity index (χ2v) is 7.11. The number of nitrogens with zero attached hydrogens (tertiary/aromatic N) is 3. The van der Waals surface area contributed by atoms with E-state index in [1.165, 1.54) is 12.8 Å². The monoisotopic (exact) mass is 245 g/mol. The van der Waals surface area contributed by atoms with Crippen LogP contribution in [-0.4, -0.2) is 32.7 Å². The average molecular weight is 245 g/mol. The molecule has 3 nitrogen and oxygen atoms in total. The zero-order valence-corrected chi connectivity index (χ0v) is 11.8.